The number of carboxylic acid groups (broad SMARTS) is 1. The summed E-state index contributed by atoms with van der Waals surface area (Å²) in [4.78, 5) is 26.5. The Morgan fingerprint density at radius 1 is 1.32 bits per heavy atom. The van der Waals surface area contributed by atoms with Crippen molar-refractivity contribution in [1.82, 2.24) is 5.48 Å². The predicted octanol–water partition coefficient (Wildman–Crippen LogP) is 2.12. The van der Waals surface area contributed by atoms with E-state index >= 15 is 0 Å². The molecule has 2 atom stereocenters. The van der Waals surface area contributed by atoms with Crippen LogP contribution in [0.2, 0.25) is 0 Å². The van der Waals surface area contributed by atoms with E-state index in [9.17, 15) is 14.7 Å². The van der Waals surface area contributed by atoms with Crippen LogP contribution < -0.4 is 5.48 Å². The standard InChI is InChI=1S/C16H23NO5/c1-3-15(19)22-17-14(18)8-7-11(2)9-12-5-4-6-13(10-12)16(20)21/h4-6,10-11,14,17-18H,3,7-9H2,1-2H3,(H,20,21). The molecule has 0 bridgehead atoms. The summed E-state index contributed by atoms with van der Waals surface area (Å²) in [7, 11) is 0. The summed E-state index contributed by atoms with van der Waals surface area (Å²) in [6.45, 7) is 3.70. The quantitative estimate of drug-likeness (QED) is 0.477. The third-order valence-corrected chi connectivity index (χ3v) is 3.29. The fraction of sp³-hybridized carbons (Fsp3) is 0.500. The van der Waals surface area contributed by atoms with Gasteiger partial charge in [-0.15, -0.1) is 5.48 Å². The lowest BCUT2D eigenvalue weighted by atomic mass is 9.95. The predicted molar refractivity (Wildman–Crippen MR) is 81.0 cm³/mol. The minimum absolute atomic E-state index is 0.246. The van der Waals surface area contributed by atoms with Crippen molar-refractivity contribution in [3.63, 3.8) is 0 Å². The molecule has 6 nitrogen and oxygen atoms in total. The first kappa shape index (κ1) is 18.1. The van der Waals surface area contributed by atoms with E-state index in [0.717, 1.165) is 18.4 Å². The number of aromatic carboxylic acids is 1. The van der Waals surface area contributed by atoms with Gasteiger partial charge in [-0.1, -0.05) is 26.0 Å². The topological polar surface area (TPSA) is 95.9 Å². The average molecular weight is 309 g/mol. The zero-order valence-corrected chi connectivity index (χ0v) is 12.9. The number of carboxylic acids is 1. The molecule has 0 aliphatic rings. The van der Waals surface area contributed by atoms with Gasteiger partial charge in [-0.05, 0) is 42.9 Å². The largest absolute Gasteiger partial charge is 0.478 e. The van der Waals surface area contributed by atoms with Crippen molar-refractivity contribution < 1.29 is 24.6 Å². The van der Waals surface area contributed by atoms with E-state index in [4.69, 9.17) is 5.11 Å². The Morgan fingerprint density at radius 3 is 2.68 bits per heavy atom. The molecule has 122 valence electrons. The summed E-state index contributed by atoms with van der Waals surface area (Å²) in [6.07, 6.45) is 1.23. The van der Waals surface area contributed by atoms with Gasteiger partial charge in [0.2, 0.25) is 0 Å². The highest BCUT2D eigenvalue weighted by molar-refractivity contribution is 5.87. The first-order valence-corrected chi connectivity index (χ1v) is 7.37. The monoisotopic (exact) mass is 309 g/mol. The molecule has 0 radical (unpaired) electrons. The second-order valence-corrected chi connectivity index (χ2v) is 5.35. The number of benzene rings is 1. The summed E-state index contributed by atoms with van der Waals surface area (Å²) >= 11 is 0. The van der Waals surface area contributed by atoms with E-state index in [2.05, 4.69) is 10.3 Å². The van der Waals surface area contributed by atoms with Crippen LogP contribution in [0.5, 0.6) is 0 Å². The van der Waals surface area contributed by atoms with Crippen LogP contribution in [-0.2, 0) is 16.1 Å². The Bertz CT molecular complexity index is 503. The average Bonchev–Trinajstić information content (AvgIpc) is 2.50. The van der Waals surface area contributed by atoms with E-state index < -0.39 is 18.2 Å². The summed E-state index contributed by atoms with van der Waals surface area (Å²) in [5, 5.41) is 18.6. The normalized spacial score (nSPS) is 13.4. The van der Waals surface area contributed by atoms with E-state index in [-0.39, 0.29) is 17.9 Å². The summed E-state index contributed by atoms with van der Waals surface area (Å²) in [5.74, 6) is -1.09. The first-order chi connectivity index (χ1) is 10.4. The van der Waals surface area contributed by atoms with Gasteiger partial charge in [-0.25, -0.2) is 4.79 Å². The first-order valence-electron chi connectivity index (χ1n) is 7.37. The number of hydrogen-bond donors (Lipinski definition) is 3. The van der Waals surface area contributed by atoms with Crippen molar-refractivity contribution in [3.05, 3.63) is 35.4 Å². The molecule has 1 aromatic carbocycles. The fourth-order valence-corrected chi connectivity index (χ4v) is 2.04. The molecule has 2 unspecified atom stereocenters. The van der Waals surface area contributed by atoms with Crippen LogP contribution in [0.1, 0.15) is 49.0 Å². The lowest BCUT2D eigenvalue weighted by Crippen LogP contribution is -2.31. The number of carbonyl (C=O) groups is 2. The maximum Gasteiger partial charge on any atom is 0.335 e. The van der Waals surface area contributed by atoms with Crippen molar-refractivity contribution in [2.45, 2.75) is 45.8 Å². The molecular formula is C16H23NO5. The second kappa shape index (κ2) is 9.17. The SMILES string of the molecule is CCC(=O)ONC(O)CCC(C)Cc1cccc(C(=O)O)c1. The Kier molecular flexibility index (Phi) is 7.56. The van der Waals surface area contributed by atoms with Gasteiger partial charge in [0.15, 0.2) is 0 Å². The molecule has 0 saturated carbocycles. The number of hydrogen-bond acceptors (Lipinski definition) is 5. The van der Waals surface area contributed by atoms with Crippen LogP contribution in [0.4, 0.5) is 0 Å². The molecule has 0 spiro atoms. The highest BCUT2D eigenvalue weighted by Gasteiger charge is 2.11. The minimum Gasteiger partial charge on any atom is -0.478 e. The highest BCUT2D eigenvalue weighted by Crippen LogP contribution is 2.16. The van der Waals surface area contributed by atoms with Crippen LogP contribution >= 0.6 is 0 Å². The van der Waals surface area contributed by atoms with Gasteiger partial charge in [0.1, 0.15) is 6.23 Å². The molecule has 3 N–H and O–H groups in total. The van der Waals surface area contributed by atoms with E-state index in [1.165, 1.54) is 0 Å². The number of carbonyl (C=O) groups excluding carboxylic acids is 1. The number of hydroxylamine groups is 1. The number of nitrogens with one attached hydrogen (secondary N) is 1. The van der Waals surface area contributed by atoms with E-state index in [0.29, 0.717) is 6.42 Å². The van der Waals surface area contributed by atoms with Crippen molar-refractivity contribution >= 4 is 11.9 Å². The van der Waals surface area contributed by atoms with Crippen LogP contribution in [-0.4, -0.2) is 28.4 Å². The smallest absolute Gasteiger partial charge is 0.335 e. The van der Waals surface area contributed by atoms with Gasteiger partial charge in [0.25, 0.3) is 0 Å². The molecule has 0 amide bonds. The van der Waals surface area contributed by atoms with Gasteiger partial charge in [-0.3, -0.25) is 4.79 Å². The molecule has 0 aliphatic heterocycles. The fourth-order valence-electron chi connectivity index (χ4n) is 2.04. The maximum atomic E-state index is 10.9. The van der Waals surface area contributed by atoms with Gasteiger partial charge in [0.05, 0.1) is 5.56 Å². The Hall–Kier alpha value is -1.92. The summed E-state index contributed by atoms with van der Waals surface area (Å²) < 4.78 is 0. The van der Waals surface area contributed by atoms with Crippen LogP contribution in [0.25, 0.3) is 0 Å². The lowest BCUT2D eigenvalue weighted by molar-refractivity contribution is -0.159. The van der Waals surface area contributed by atoms with Gasteiger partial charge in [0, 0.05) is 6.42 Å². The molecule has 1 rings (SSSR count). The van der Waals surface area contributed by atoms with Crippen molar-refractivity contribution in [3.8, 4) is 0 Å². The molecule has 22 heavy (non-hydrogen) atoms. The van der Waals surface area contributed by atoms with Crippen molar-refractivity contribution in [1.29, 1.82) is 0 Å². The zero-order chi connectivity index (χ0) is 16.5. The van der Waals surface area contributed by atoms with Gasteiger partial charge >= 0.3 is 11.9 Å². The maximum absolute atomic E-state index is 10.9. The molecule has 6 heteroatoms. The minimum atomic E-state index is -0.938. The van der Waals surface area contributed by atoms with Crippen LogP contribution in [0.15, 0.2) is 24.3 Å². The summed E-state index contributed by atoms with van der Waals surface area (Å²) in [6, 6.07) is 6.84. The Balaban J connectivity index is 2.36. The molecular weight excluding hydrogens is 286 g/mol. The summed E-state index contributed by atoms with van der Waals surface area (Å²) in [5.41, 5.74) is 3.53. The molecule has 1 aromatic rings. The molecule has 0 heterocycles. The molecule has 0 fully saturated rings. The number of aliphatic hydroxyl groups excluding tert-OH is 1. The van der Waals surface area contributed by atoms with Crippen LogP contribution in [0.3, 0.4) is 0 Å². The Labute approximate surface area is 130 Å². The van der Waals surface area contributed by atoms with E-state index in [1.807, 2.05) is 13.0 Å². The Morgan fingerprint density at radius 2 is 2.05 bits per heavy atom. The van der Waals surface area contributed by atoms with Crippen LogP contribution in [0, 0.1) is 5.92 Å². The molecule has 0 aliphatic carbocycles. The highest BCUT2D eigenvalue weighted by atomic mass is 16.7. The van der Waals surface area contributed by atoms with Crippen molar-refractivity contribution in [2.24, 2.45) is 5.92 Å². The lowest BCUT2D eigenvalue weighted by Gasteiger charge is -2.16. The van der Waals surface area contributed by atoms with E-state index in [1.54, 1.807) is 25.1 Å². The third kappa shape index (κ3) is 6.69. The van der Waals surface area contributed by atoms with Gasteiger partial charge < -0.3 is 15.1 Å². The molecule has 0 saturated heterocycles. The number of aliphatic hydroxyl groups is 1. The van der Waals surface area contributed by atoms with Crippen molar-refractivity contribution in [2.75, 3.05) is 0 Å². The second-order valence-electron chi connectivity index (χ2n) is 5.35. The third-order valence-electron chi connectivity index (χ3n) is 3.29. The zero-order valence-electron chi connectivity index (χ0n) is 12.9. The molecule has 0 aromatic heterocycles. The number of rotatable bonds is 9. The van der Waals surface area contributed by atoms with Gasteiger partial charge in [-0.2, -0.15) is 0 Å².